The van der Waals surface area contributed by atoms with Crippen LogP contribution in [0.25, 0.3) is 6.08 Å². The van der Waals surface area contributed by atoms with E-state index in [0.717, 1.165) is 12.0 Å². The highest BCUT2D eigenvalue weighted by molar-refractivity contribution is 6.32. The minimum Gasteiger partial charge on any atom is -0.490 e. The zero-order chi connectivity index (χ0) is 15.4. The Morgan fingerprint density at radius 3 is 2.64 bits per heavy atom. The van der Waals surface area contributed by atoms with Crippen LogP contribution in [0.4, 0.5) is 0 Å². The van der Waals surface area contributed by atoms with E-state index in [0.29, 0.717) is 35.3 Å². The van der Waals surface area contributed by atoms with Crippen molar-refractivity contribution in [2.24, 2.45) is 0 Å². The molecule has 0 atom stereocenters. The Balaban J connectivity index is 1.81. The maximum Gasteiger partial charge on any atom is 0.185 e. The first-order chi connectivity index (χ1) is 10.7. The van der Waals surface area contributed by atoms with Crippen LogP contribution in [0.3, 0.4) is 0 Å². The molecule has 0 N–H and O–H groups in total. The Morgan fingerprint density at radius 1 is 1.05 bits per heavy atom. The summed E-state index contributed by atoms with van der Waals surface area (Å²) in [5.41, 5.74) is 1.37. The van der Waals surface area contributed by atoms with Crippen LogP contribution in [0.2, 0.25) is 5.02 Å². The molecule has 1 aliphatic rings. The van der Waals surface area contributed by atoms with Crippen molar-refractivity contribution in [2.45, 2.75) is 6.42 Å². The second-order valence-corrected chi connectivity index (χ2v) is 5.34. The molecule has 1 heterocycles. The normalized spacial score (nSPS) is 13.9. The summed E-state index contributed by atoms with van der Waals surface area (Å²) in [4.78, 5) is 12.3. The molecule has 3 rings (SSSR count). The molecule has 0 aromatic heterocycles. The van der Waals surface area contributed by atoms with E-state index in [9.17, 15) is 4.79 Å². The SMILES string of the molecule is O=C(/C=C/c1ccccc1Cl)c1ccc2c(c1)OCCCO2. The van der Waals surface area contributed by atoms with Gasteiger partial charge >= 0.3 is 0 Å². The standard InChI is InChI=1S/C18H15ClO3/c19-15-5-2-1-4-13(15)6-8-16(20)14-7-9-17-18(12-14)22-11-3-10-21-17/h1-2,4-9,12H,3,10-11H2/b8-6+. The number of halogens is 1. The smallest absolute Gasteiger partial charge is 0.185 e. The summed E-state index contributed by atoms with van der Waals surface area (Å²) in [5.74, 6) is 1.20. The molecule has 2 aromatic carbocycles. The van der Waals surface area contributed by atoms with Gasteiger partial charge < -0.3 is 9.47 Å². The lowest BCUT2D eigenvalue weighted by Gasteiger charge is -2.07. The number of carbonyl (C=O) groups excluding carboxylic acids is 1. The van der Waals surface area contributed by atoms with Gasteiger partial charge in [-0.15, -0.1) is 0 Å². The number of fused-ring (bicyclic) bond motifs is 1. The number of benzene rings is 2. The van der Waals surface area contributed by atoms with Crippen LogP contribution in [-0.2, 0) is 0 Å². The van der Waals surface area contributed by atoms with Gasteiger partial charge in [-0.05, 0) is 42.0 Å². The van der Waals surface area contributed by atoms with Crippen molar-refractivity contribution in [1.82, 2.24) is 0 Å². The summed E-state index contributed by atoms with van der Waals surface area (Å²) >= 11 is 6.07. The maximum atomic E-state index is 12.3. The first kappa shape index (κ1) is 14.7. The number of ether oxygens (including phenoxy) is 2. The fourth-order valence-corrected chi connectivity index (χ4v) is 2.39. The molecule has 0 spiro atoms. The van der Waals surface area contributed by atoms with Gasteiger partial charge in [-0.3, -0.25) is 4.79 Å². The quantitative estimate of drug-likeness (QED) is 0.622. The summed E-state index contributed by atoms with van der Waals surface area (Å²) in [6, 6.07) is 12.6. The summed E-state index contributed by atoms with van der Waals surface area (Å²) in [5, 5.41) is 0.616. The van der Waals surface area contributed by atoms with Crippen LogP contribution in [0.1, 0.15) is 22.3 Å². The third kappa shape index (κ3) is 3.31. The molecule has 1 aliphatic heterocycles. The van der Waals surface area contributed by atoms with E-state index in [1.54, 1.807) is 30.3 Å². The van der Waals surface area contributed by atoms with Crippen molar-refractivity contribution >= 4 is 23.5 Å². The van der Waals surface area contributed by atoms with E-state index in [2.05, 4.69) is 0 Å². The molecule has 4 heteroatoms. The molecule has 0 saturated carbocycles. The van der Waals surface area contributed by atoms with Crippen molar-refractivity contribution in [1.29, 1.82) is 0 Å². The van der Waals surface area contributed by atoms with Gasteiger partial charge in [0.1, 0.15) is 0 Å². The molecule has 2 aromatic rings. The highest BCUT2D eigenvalue weighted by atomic mass is 35.5. The van der Waals surface area contributed by atoms with Crippen molar-refractivity contribution in [3.63, 3.8) is 0 Å². The summed E-state index contributed by atoms with van der Waals surface area (Å²) in [6.07, 6.45) is 4.07. The highest BCUT2D eigenvalue weighted by Crippen LogP contribution is 2.30. The molecule has 3 nitrogen and oxygen atoms in total. The predicted octanol–water partition coefficient (Wildman–Crippen LogP) is 4.40. The lowest BCUT2D eigenvalue weighted by atomic mass is 10.1. The van der Waals surface area contributed by atoms with E-state index < -0.39 is 0 Å². The highest BCUT2D eigenvalue weighted by Gasteiger charge is 2.12. The maximum absolute atomic E-state index is 12.3. The monoisotopic (exact) mass is 314 g/mol. The van der Waals surface area contributed by atoms with E-state index in [1.165, 1.54) is 6.08 Å². The molecule has 112 valence electrons. The zero-order valence-electron chi connectivity index (χ0n) is 11.9. The lowest BCUT2D eigenvalue weighted by molar-refractivity contribution is 0.104. The lowest BCUT2D eigenvalue weighted by Crippen LogP contribution is -1.98. The van der Waals surface area contributed by atoms with E-state index in [-0.39, 0.29) is 5.78 Å². The largest absolute Gasteiger partial charge is 0.490 e. The molecule has 0 fully saturated rings. The Labute approximate surface area is 134 Å². The summed E-state index contributed by atoms with van der Waals surface area (Å²) in [7, 11) is 0. The topological polar surface area (TPSA) is 35.5 Å². The minimum absolute atomic E-state index is 0.101. The number of hydrogen-bond donors (Lipinski definition) is 0. The number of carbonyl (C=O) groups is 1. The van der Waals surface area contributed by atoms with Crippen molar-refractivity contribution in [3.8, 4) is 11.5 Å². The van der Waals surface area contributed by atoms with Gasteiger partial charge in [-0.2, -0.15) is 0 Å². The predicted molar refractivity (Wildman–Crippen MR) is 86.9 cm³/mol. The van der Waals surface area contributed by atoms with E-state index in [1.807, 2.05) is 18.2 Å². The van der Waals surface area contributed by atoms with Crippen molar-refractivity contribution in [2.75, 3.05) is 13.2 Å². The van der Waals surface area contributed by atoms with Crippen LogP contribution in [0.15, 0.2) is 48.5 Å². The molecule has 0 unspecified atom stereocenters. The fourth-order valence-electron chi connectivity index (χ4n) is 2.19. The van der Waals surface area contributed by atoms with Crippen LogP contribution >= 0.6 is 11.6 Å². The first-order valence-corrected chi connectivity index (χ1v) is 7.48. The molecule has 0 bridgehead atoms. The van der Waals surface area contributed by atoms with E-state index in [4.69, 9.17) is 21.1 Å². The third-order valence-corrected chi connectivity index (χ3v) is 3.70. The average molecular weight is 315 g/mol. The molecular weight excluding hydrogens is 300 g/mol. The molecule has 0 saturated heterocycles. The molecular formula is C18H15ClO3. The second-order valence-electron chi connectivity index (χ2n) is 4.93. The second kappa shape index (κ2) is 6.67. The molecule has 22 heavy (non-hydrogen) atoms. The minimum atomic E-state index is -0.101. The number of hydrogen-bond acceptors (Lipinski definition) is 3. The molecule has 0 amide bonds. The number of ketones is 1. The average Bonchev–Trinajstić information content (AvgIpc) is 2.78. The fraction of sp³-hybridized carbons (Fsp3) is 0.167. The Bertz CT molecular complexity index is 722. The van der Waals surface area contributed by atoms with Gasteiger partial charge in [0, 0.05) is 17.0 Å². The number of rotatable bonds is 3. The van der Waals surface area contributed by atoms with Gasteiger partial charge in [0.05, 0.1) is 13.2 Å². The number of allylic oxidation sites excluding steroid dienone is 1. The third-order valence-electron chi connectivity index (χ3n) is 3.35. The Hall–Kier alpha value is -2.26. The van der Waals surface area contributed by atoms with Crippen LogP contribution in [0, 0.1) is 0 Å². The van der Waals surface area contributed by atoms with Gasteiger partial charge in [-0.1, -0.05) is 29.8 Å². The van der Waals surface area contributed by atoms with Crippen LogP contribution in [0.5, 0.6) is 11.5 Å². The Morgan fingerprint density at radius 2 is 1.82 bits per heavy atom. The zero-order valence-corrected chi connectivity index (χ0v) is 12.7. The molecule has 0 aliphatic carbocycles. The summed E-state index contributed by atoms with van der Waals surface area (Å²) in [6.45, 7) is 1.23. The van der Waals surface area contributed by atoms with Gasteiger partial charge in [0.15, 0.2) is 17.3 Å². The summed E-state index contributed by atoms with van der Waals surface area (Å²) < 4.78 is 11.2. The van der Waals surface area contributed by atoms with Crippen molar-refractivity contribution in [3.05, 3.63) is 64.7 Å². The van der Waals surface area contributed by atoms with Crippen molar-refractivity contribution < 1.29 is 14.3 Å². The van der Waals surface area contributed by atoms with E-state index >= 15 is 0 Å². The van der Waals surface area contributed by atoms with Crippen LogP contribution < -0.4 is 9.47 Å². The Kier molecular flexibility index (Phi) is 4.45. The van der Waals surface area contributed by atoms with Gasteiger partial charge in [0.2, 0.25) is 0 Å². The molecule has 0 radical (unpaired) electrons. The van der Waals surface area contributed by atoms with Crippen LogP contribution in [-0.4, -0.2) is 19.0 Å². The first-order valence-electron chi connectivity index (χ1n) is 7.10. The van der Waals surface area contributed by atoms with Gasteiger partial charge in [0.25, 0.3) is 0 Å². The van der Waals surface area contributed by atoms with Gasteiger partial charge in [-0.25, -0.2) is 0 Å².